The van der Waals surface area contributed by atoms with Crippen LogP contribution in [0.15, 0.2) is 204 Å². The van der Waals surface area contributed by atoms with Crippen molar-refractivity contribution in [1.82, 2.24) is 15.2 Å². The van der Waals surface area contributed by atoms with Crippen molar-refractivity contribution in [3.8, 4) is 16.8 Å². The van der Waals surface area contributed by atoms with Gasteiger partial charge in [0.25, 0.3) is 0 Å². The summed E-state index contributed by atoms with van der Waals surface area (Å²) in [4.78, 5) is 5.29. The largest absolute Gasteiger partial charge is 0.456 e. The molecule has 1 aliphatic rings. The van der Waals surface area contributed by atoms with Crippen LogP contribution >= 0.6 is 0 Å². The normalized spacial score (nSPS) is 15.8. The van der Waals surface area contributed by atoms with Crippen LogP contribution in [0.3, 0.4) is 0 Å². The molecule has 2 atom stereocenters. The minimum atomic E-state index is -0.272. The number of amidine groups is 1. The van der Waals surface area contributed by atoms with E-state index in [-0.39, 0.29) is 12.3 Å². The maximum Gasteiger partial charge on any atom is 0.137 e. The molecule has 5 heteroatoms. The first-order valence-electron chi connectivity index (χ1n) is 19.8. The molecule has 0 spiro atoms. The Bertz CT molecular complexity index is 3430. The molecule has 274 valence electrons. The molecule has 12 rings (SSSR count). The van der Waals surface area contributed by atoms with Crippen molar-refractivity contribution < 1.29 is 4.42 Å². The summed E-state index contributed by atoms with van der Waals surface area (Å²) in [6.45, 7) is 0. The molecule has 2 unspecified atom stereocenters. The smallest absolute Gasteiger partial charge is 0.137 e. The second-order valence-electron chi connectivity index (χ2n) is 15.2. The highest BCUT2D eigenvalue weighted by Crippen LogP contribution is 2.42. The molecule has 2 N–H and O–H groups in total. The summed E-state index contributed by atoms with van der Waals surface area (Å²) in [5.74, 6) is 0.848. The van der Waals surface area contributed by atoms with Crippen LogP contribution < -0.4 is 10.6 Å². The first-order valence-corrected chi connectivity index (χ1v) is 19.8. The van der Waals surface area contributed by atoms with Gasteiger partial charge in [0.15, 0.2) is 0 Å². The van der Waals surface area contributed by atoms with E-state index in [9.17, 15) is 0 Å². The summed E-state index contributed by atoms with van der Waals surface area (Å²) in [7, 11) is 0. The quantitative estimate of drug-likeness (QED) is 0.184. The lowest BCUT2D eigenvalue weighted by Gasteiger charge is -2.32. The van der Waals surface area contributed by atoms with Gasteiger partial charge in [0.2, 0.25) is 0 Å². The molecule has 0 fully saturated rings. The van der Waals surface area contributed by atoms with E-state index in [1.54, 1.807) is 0 Å². The van der Waals surface area contributed by atoms with Crippen molar-refractivity contribution in [1.29, 1.82) is 0 Å². The third-order valence-corrected chi connectivity index (χ3v) is 11.8. The second kappa shape index (κ2) is 13.1. The highest BCUT2D eigenvalue weighted by Gasteiger charge is 2.27. The van der Waals surface area contributed by atoms with Gasteiger partial charge in [-0.15, -0.1) is 0 Å². The van der Waals surface area contributed by atoms with Crippen molar-refractivity contribution in [2.45, 2.75) is 12.3 Å². The van der Waals surface area contributed by atoms with Gasteiger partial charge in [-0.1, -0.05) is 152 Å². The van der Waals surface area contributed by atoms with E-state index in [0.29, 0.717) is 0 Å². The van der Waals surface area contributed by atoms with E-state index >= 15 is 0 Å². The van der Waals surface area contributed by atoms with Gasteiger partial charge >= 0.3 is 0 Å². The Kier molecular flexibility index (Phi) is 7.37. The molecule has 11 aromatic rings. The monoisotopic (exact) mass is 744 g/mol. The Morgan fingerprint density at radius 3 is 2.03 bits per heavy atom. The van der Waals surface area contributed by atoms with Crippen molar-refractivity contribution in [3.05, 3.63) is 211 Å². The third-order valence-electron chi connectivity index (χ3n) is 11.8. The number of nitrogens with zero attached hydrogens (tertiary/aromatic N) is 2. The summed E-state index contributed by atoms with van der Waals surface area (Å²) in [6.07, 6.45) is -0.507. The van der Waals surface area contributed by atoms with Gasteiger partial charge in [-0.05, 0) is 86.3 Å². The fourth-order valence-electron chi connectivity index (χ4n) is 9.09. The fraction of sp³-hybridized carbons (Fsp3) is 0.0377. The molecule has 3 heterocycles. The lowest BCUT2D eigenvalue weighted by Crippen LogP contribution is -2.44. The second-order valence-corrected chi connectivity index (χ2v) is 15.2. The minimum absolute atomic E-state index is 0.235. The van der Waals surface area contributed by atoms with Crippen LogP contribution in [0.1, 0.15) is 29.0 Å². The lowest BCUT2D eigenvalue weighted by atomic mass is 9.99. The lowest BCUT2D eigenvalue weighted by molar-refractivity contribution is 0.409. The topological polar surface area (TPSA) is 54.5 Å². The van der Waals surface area contributed by atoms with Crippen LogP contribution in [0, 0.1) is 0 Å². The standard InChI is InChI=1S/C53H36N4O/c1-2-14-35(15-3-1)41-19-10-21-45-49(41)42-18-8-9-20-44(42)57(45)46-22-11-23-47-50(46)43-29-28-40(32-48(43)58-47)53-55-51(38-26-24-33-12-4-6-16-36(33)30-38)54-52(56-53)39-27-25-34-13-5-7-17-37(34)31-39/h1-32,51,53,55H,(H,54,56). The summed E-state index contributed by atoms with van der Waals surface area (Å²) in [5, 5.41) is 17.0. The SMILES string of the molecule is c1ccc(-c2cccc3c2c2ccccc2n3-c2cccc3oc4cc(C5NC(c6ccc7ccccc7c6)=NC(c6ccc7ccccc7c6)N5)ccc4c23)cc1. The Morgan fingerprint density at radius 2 is 1.17 bits per heavy atom. The number of aliphatic imine (C=N–C) groups is 1. The number of hydrogen-bond donors (Lipinski definition) is 2. The van der Waals surface area contributed by atoms with Gasteiger partial charge < -0.3 is 14.3 Å². The Hall–Kier alpha value is -7.47. The molecule has 0 amide bonds. The molecule has 58 heavy (non-hydrogen) atoms. The molecule has 1 aliphatic heterocycles. The molecule has 0 saturated carbocycles. The molecule has 5 nitrogen and oxygen atoms in total. The molecular formula is C53H36N4O. The van der Waals surface area contributed by atoms with E-state index in [0.717, 1.165) is 61.2 Å². The summed E-state index contributed by atoms with van der Waals surface area (Å²) in [5.41, 5.74) is 10.8. The van der Waals surface area contributed by atoms with Crippen molar-refractivity contribution >= 4 is 71.1 Å². The van der Waals surface area contributed by atoms with E-state index in [4.69, 9.17) is 9.41 Å². The molecule has 0 bridgehead atoms. The van der Waals surface area contributed by atoms with E-state index in [1.807, 2.05) is 0 Å². The number of aromatic nitrogens is 1. The maximum atomic E-state index is 6.76. The molecule has 2 aromatic heterocycles. The first kappa shape index (κ1) is 32.7. The Balaban J connectivity index is 0.992. The van der Waals surface area contributed by atoms with Crippen LogP contribution in [0.2, 0.25) is 0 Å². The average molecular weight is 745 g/mol. The Labute approximate surface area is 334 Å². The fourth-order valence-corrected chi connectivity index (χ4v) is 9.09. The Morgan fingerprint density at radius 1 is 0.466 bits per heavy atom. The zero-order valence-corrected chi connectivity index (χ0v) is 31.4. The number of hydrogen-bond acceptors (Lipinski definition) is 4. The van der Waals surface area contributed by atoms with Crippen LogP contribution in [0.4, 0.5) is 0 Å². The number of nitrogens with one attached hydrogen (secondary N) is 2. The van der Waals surface area contributed by atoms with Crippen LogP contribution in [-0.2, 0) is 0 Å². The van der Waals surface area contributed by atoms with Crippen molar-refractivity contribution in [2.24, 2.45) is 4.99 Å². The van der Waals surface area contributed by atoms with Crippen molar-refractivity contribution in [2.75, 3.05) is 0 Å². The zero-order valence-electron chi connectivity index (χ0n) is 31.4. The highest BCUT2D eigenvalue weighted by atomic mass is 16.3. The maximum absolute atomic E-state index is 6.76. The molecule has 0 radical (unpaired) electrons. The predicted molar refractivity (Wildman–Crippen MR) is 240 cm³/mol. The van der Waals surface area contributed by atoms with Gasteiger partial charge in [-0.2, -0.15) is 0 Å². The molecule has 0 saturated heterocycles. The minimum Gasteiger partial charge on any atom is -0.456 e. The van der Waals surface area contributed by atoms with Crippen LogP contribution in [0.25, 0.3) is 82.1 Å². The van der Waals surface area contributed by atoms with Gasteiger partial charge in [0, 0.05) is 21.7 Å². The average Bonchev–Trinajstić information content (AvgIpc) is 3.84. The third kappa shape index (κ3) is 5.25. The number of benzene rings is 9. The summed E-state index contributed by atoms with van der Waals surface area (Å²) >= 11 is 0. The van der Waals surface area contributed by atoms with Crippen LogP contribution in [0.5, 0.6) is 0 Å². The van der Waals surface area contributed by atoms with Crippen LogP contribution in [-0.4, -0.2) is 10.4 Å². The van der Waals surface area contributed by atoms with E-state index in [1.165, 1.54) is 43.4 Å². The summed E-state index contributed by atoms with van der Waals surface area (Å²) in [6, 6.07) is 69.2. The molecule has 0 aliphatic carbocycles. The van der Waals surface area contributed by atoms with Crippen molar-refractivity contribution in [3.63, 3.8) is 0 Å². The first-order chi connectivity index (χ1) is 28.7. The highest BCUT2D eigenvalue weighted by molar-refractivity contribution is 6.18. The van der Waals surface area contributed by atoms with E-state index < -0.39 is 0 Å². The molecule has 9 aromatic carbocycles. The number of para-hydroxylation sites is 1. The number of rotatable bonds is 5. The predicted octanol–water partition coefficient (Wildman–Crippen LogP) is 13.0. The van der Waals surface area contributed by atoms with Gasteiger partial charge in [-0.3, -0.25) is 5.32 Å². The van der Waals surface area contributed by atoms with Gasteiger partial charge in [-0.25, -0.2) is 4.99 Å². The summed E-state index contributed by atoms with van der Waals surface area (Å²) < 4.78 is 9.17. The van der Waals surface area contributed by atoms with E-state index in [2.05, 4.69) is 209 Å². The number of furan rings is 1. The van der Waals surface area contributed by atoms with Gasteiger partial charge in [0.1, 0.15) is 29.3 Å². The molecular weight excluding hydrogens is 709 g/mol. The van der Waals surface area contributed by atoms with Gasteiger partial charge in [0.05, 0.1) is 22.1 Å². The zero-order chi connectivity index (χ0) is 38.2. The number of fused-ring (bicyclic) bond motifs is 8.